The van der Waals surface area contributed by atoms with Crippen molar-refractivity contribution in [3.63, 3.8) is 0 Å². The van der Waals surface area contributed by atoms with Gasteiger partial charge in [0.15, 0.2) is 0 Å². The number of aromatic nitrogens is 1. The van der Waals surface area contributed by atoms with Gasteiger partial charge in [0.2, 0.25) is 10.0 Å². The lowest BCUT2D eigenvalue weighted by Gasteiger charge is -2.31. The Labute approximate surface area is 127 Å². The van der Waals surface area contributed by atoms with Crippen LogP contribution in [0.4, 0.5) is 0 Å². The number of nitrogens with one attached hydrogen (secondary N) is 1. The summed E-state index contributed by atoms with van der Waals surface area (Å²) >= 11 is 0. The monoisotopic (exact) mass is 314 g/mol. The molecule has 0 amide bonds. The minimum Gasteiger partial charge on any atom is -0.349 e. The Balaban J connectivity index is 2.25. The third-order valence-corrected chi connectivity index (χ3v) is 5.75. The normalized spacial score (nSPS) is 18.2. The van der Waals surface area contributed by atoms with Crippen LogP contribution in [0, 0.1) is 0 Å². The lowest BCUT2D eigenvalue weighted by Crippen LogP contribution is -2.46. The van der Waals surface area contributed by atoms with Gasteiger partial charge in [0.25, 0.3) is 0 Å². The van der Waals surface area contributed by atoms with E-state index in [9.17, 15) is 8.42 Å². The topological polar surface area (TPSA) is 57.6 Å². The van der Waals surface area contributed by atoms with Crippen molar-refractivity contribution in [3.8, 4) is 0 Å². The Kier molecular flexibility index (Phi) is 5.43. The highest BCUT2D eigenvalue weighted by Gasteiger charge is 2.28. The van der Waals surface area contributed by atoms with Crippen molar-refractivity contribution in [1.29, 1.82) is 0 Å². The second-order valence-corrected chi connectivity index (χ2v) is 7.54. The van der Waals surface area contributed by atoms with Crippen molar-refractivity contribution in [2.75, 3.05) is 40.3 Å². The third kappa shape index (κ3) is 3.66. The molecule has 0 unspecified atom stereocenters. The Morgan fingerprint density at radius 1 is 1.24 bits per heavy atom. The van der Waals surface area contributed by atoms with E-state index in [-0.39, 0.29) is 0 Å². The molecule has 1 fully saturated rings. The number of piperazine rings is 1. The van der Waals surface area contributed by atoms with Crippen LogP contribution in [0.15, 0.2) is 17.2 Å². The Bertz CT molecular complexity index is 536. The molecule has 120 valence electrons. The summed E-state index contributed by atoms with van der Waals surface area (Å²) in [6.07, 6.45) is 2.77. The van der Waals surface area contributed by atoms with Crippen molar-refractivity contribution in [2.24, 2.45) is 0 Å². The van der Waals surface area contributed by atoms with Crippen molar-refractivity contribution in [3.05, 3.63) is 18.0 Å². The summed E-state index contributed by atoms with van der Waals surface area (Å²) in [6, 6.07) is 1.81. The lowest BCUT2D eigenvalue weighted by atomic mass is 10.4. The molecule has 0 radical (unpaired) electrons. The van der Waals surface area contributed by atoms with E-state index in [1.165, 1.54) is 0 Å². The van der Waals surface area contributed by atoms with Gasteiger partial charge in [-0.1, -0.05) is 6.92 Å². The highest BCUT2D eigenvalue weighted by atomic mass is 32.2. The first-order valence-corrected chi connectivity index (χ1v) is 8.95. The molecule has 0 aromatic carbocycles. The maximum atomic E-state index is 12.7. The zero-order chi connectivity index (χ0) is 15.5. The molecule has 0 atom stereocenters. The molecule has 2 rings (SSSR count). The molecule has 1 saturated heterocycles. The fraction of sp³-hybridized carbons (Fsp3) is 0.714. The van der Waals surface area contributed by atoms with E-state index >= 15 is 0 Å². The summed E-state index contributed by atoms with van der Waals surface area (Å²) in [5, 5.41) is 3.10. The van der Waals surface area contributed by atoms with E-state index < -0.39 is 10.0 Å². The molecule has 0 aliphatic carbocycles. The quantitative estimate of drug-likeness (QED) is 0.833. The van der Waals surface area contributed by atoms with E-state index in [0.29, 0.717) is 24.5 Å². The van der Waals surface area contributed by atoms with Crippen molar-refractivity contribution < 1.29 is 8.42 Å². The van der Waals surface area contributed by atoms with E-state index in [1.807, 2.05) is 18.7 Å². The number of aryl methyl sites for hydroxylation is 1. The summed E-state index contributed by atoms with van der Waals surface area (Å²) in [4.78, 5) is 2.58. The molecule has 0 spiro atoms. The van der Waals surface area contributed by atoms with Gasteiger partial charge in [-0.2, -0.15) is 4.31 Å². The number of rotatable bonds is 6. The smallest absolute Gasteiger partial charge is 0.244 e. The van der Waals surface area contributed by atoms with Crippen LogP contribution < -0.4 is 5.32 Å². The Hall–Kier alpha value is -0.890. The molecule has 1 aliphatic rings. The molecule has 1 aliphatic heterocycles. The maximum Gasteiger partial charge on any atom is 0.244 e. The highest BCUT2D eigenvalue weighted by Crippen LogP contribution is 2.20. The standard InChI is InChI=1S/C14H26N4O2S/c1-4-5-17-12-14(10-13(17)11-15-2)21(19,20)18-8-6-16(3)7-9-18/h10,12,15H,4-9,11H2,1-3H3. The van der Waals surface area contributed by atoms with Crippen LogP contribution in [-0.4, -0.2) is 62.5 Å². The molecule has 2 heterocycles. The van der Waals surface area contributed by atoms with E-state index in [0.717, 1.165) is 31.7 Å². The lowest BCUT2D eigenvalue weighted by molar-refractivity contribution is 0.222. The zero-order valence-electron chi connectivity index (χ0n) is 13.2. The van der Waals surface area contributed by atoms with Gasteiger partial charge in [0.05, 0.1) is 0 Å². The third-order valence-electron chi connectivity index (χ3n) is 3.88. The predicted octanol–water partition coefficient (Wildman–Crippen LogP) is 0.554. The number of hydrogen-bond acceptors (Lipinski definition) is 4. The van der Waals surface area contributed by atoms with Gasteiger partial charge in [-0.25, -0.2) is 8.42 Å². The van der Waals surface area contributed by atoms with Crippen LogP contribution in [0.1, 0.15) is 19.0 Å². The maximum absolute atomic E-state index is 12.7. The van der Waals surface area contributed by atoms with Gasteiger partial charge >= 0.3 is 0 Å². The fourth-order valence-corrected chi connectivity index (χ4v) is 4.11. The van der Waals surface area contributed by atoms with Gasteiger partial charge in [0.1, 0.15) is 4.90 Å². The van der Waals surface area contributed by atoms with Crippen molar-refractivity contribution in [2.45, 2.75) is 31.3 Å². The number of hydrogen-bond donors (Lipinski definition) is 1. The summed E-state index contributed by atoms with van der Waals surface area (Å²) in [7, 11) is 0.528. The Morgan fingerprint density at radius 3 is 2.48 bits per heavy atom. The van der Waals surface area contributed by atoms with Gasteiger partial charge in [-0.15, -0.1) is 0 Å². The Morgan fingerprint density at radius 2 is 1.90 bits per heavy atom. The first kappa shape index (κ1) is 16.5. The van der Waals surface area contributed by atoms with Crippen LogP contribution in [-0.2, 0) is 23.1 Å². The van der Waals surface area contributed by atoms with Crippen molar-refractivity contribution in [1.82, 2.24) is 19.1 Å². The number of nitrogens with zero attached hydrogens (tertiary/aromatic N) is 3. The minimum atomic E-state index is -3.37. The van der Waals surface area contributed by atoms with Crippen molar-refractivity contribution >= 4 is 10.0 Å². The molecule has 1 aromatic rings. The predicted molar refractivity (Wildman–Crippen MR) is 83.7 cm³/mol. The molecule has 0 saturated carbocycles. The summed E-state index contributed by atoms with van der Waals surface area (Å²) in [5.41, 5.74) is 1.02. The average molecular weight is 314 g/mol. The zero-order valence-corrected chi connectivity index (χ0v) is 14.0. The summed E-state index contributed by atoms with van der Waals surface area (Å²) < 4.78 is 29.1. The first-order valence-electron chi connectivity index (χ1n) is 7.51. The number of sulfonamides is 1. The van der Waals surface area contributed by atoms with Gasteiger partial charge < -0.3 is 14.8 Å². The van der Waals surface area contributed by atoms with Crippen LogP contribution in [0.25, 0.3) is 0 Å². The number of likely N-dealkylation sites (N-methyl/N-ethyl adjacent to an activating group) is 1. The molecule has 7 heteroatoms. The van der Waals surface area contributed by atoms with Gasteiger partial charge in [-0.05, 0) is 26.6 Å². The van der Waals surface area contributed by atoms with Gasteiger partial charge in [-0.3, -0.25) is 0 Å². The molecular formula is C14H26N4O2S. The minimum absolute atomic E-state index is 0.422. The molecular weight excluding hydrogens is 288 g/mol. The van der Waals surface area contributed by atoms with E-state index in [1.54, 1.807) is 16.6 Å². The fourth-order valence-electron chi connectivity index (χ4n) is 2.62. The van der Waals surface area contributed by atoms with Crippen LogP contribution in [0.3, 0.4) is 0 Å². The average Bonchev–Trinajstić information content (AvgIpc) is 2.84. The second kappa shape index (κ2) is 6.91. The SMILES string of the molecule is CCCn1cc(S(=O)(=O)N2CCN(C)CC2)cc1CNC. The summed E-state index contributed by atoms with van der Waals surface area (Å²) in [6.45, 7) is 6.33. The molecule has 0 bridgehead atoms. The largest absolute Gasteiger partial charge is 0.349 e. The second-order valence-electron chi connectivity index (χ2n) is 5.60. The first-order chi connectivity index (χ1) is 9.98. The molecule has 21 heavy (non-hydrogen) atoms. The van der Waals surface area contributed by atoms with Gasteiger partial charge in [0, 0.05) is 51.2 Å². The van der Waals surface area contributed by atoms with Crippen LogP contribution in [0.2, 0.25) is 0 Å². The van der Waals surface area contributed by atoms with E-state index in [2.05, 4.69) is 17.1 Å². The summed E-state index contributed by atoms with van der Waals surface area (Å²) in [5.74, 6) is 0. The molecule has 1 aromatic heterocycles. The molecule has 1 N–H and O–H groups in total. The van der Waals surface area contributed by atoms with E-state index in [4.69, 9.17) is 0 Å². The van der Waals surface area contributed by atoms with Crippen LogP contribution in [0.5, 0.6) is 0 Å². The van der Waals surface area contributed by atoms with Crippen LogP contribution >= 0.6 is 0 Å². The highest BCUT2D eigenvalue weighted by molar-refractivity contribution is 7.89. The molecule has 6 nitrogen and oxygen atoms in total.